The van der Waals surface area contributed by atoms with Crippen molar-refractivity contribution in [1.29, 1.82) is 0 Å². The number of aromatic carboxylic acids is 1. The van der Waals surface area contributed by atoms with E-state index in [1.54, 1.807) is 12.1 Å². The monoisotopic (exact) mass is 593 g/mol. The van der Waals surface area contributed by atoms with Gasteiger partial charge in [0, 0.05) is 37.6 Å². The highest BCUT2D eigenvalue weighted by Crippen LogP contribution is 2.44. The summed E-state index contributed by atoms with van der Waals surface area (Å²) in [4.78, 5) is 30.3. The van der Waals surface area contributed by atoms with Gasteiger partial charge in [0.25, 0.3) is 0 Å². The molecule has 1 aliphatic heterocycles. The molecule has 1 saturated carbocycles. The quantitative estimate of drug-likeness (QED) is 0.222. The molecule has 3 aromatic carbocycles. The minimum Gasteiger partial charge on any atom is -0.489 e. The van der Waals surface area contributed by atoms with E-state index in [9.17, 15) is 14.7 Å². The maximum atomic E-state index is 13.9. The van der Waals surface area contributed by atoms with Gasteiger partial charge in [-0.15, -0.1) is 0 Å². The van der Waals surface area contributed by atoms with E-state index in [1.807, 2.05) is 53.4 Å². The normalized spacial score (nSPS) is 16.5. The second kappa shape index (κ2) is 13.3. The van der Waals surface area contributed by atoms with Crippen molar-refractivity contribution in [3.05, 3.63) is 89.5 Å². The van der Waals surface area contributed by atoms with Gasteiger partial charge in [-0.3, -0.25) is 9.69 Å². The third-order valence-electron chi connectivity index (χ3n) is 9.43. The first kappa shape index (κ1) is 29.9. The Hall–Kier alpha value is -4.10. The van der Waals surface area contributed by atoms with E-state index in [4.69, 9.17) is 4.74 Å². The van der Waals surface area contributed by atoms with Crippen molar-refractivity contribution in [3.63, 3.8) is 0 Å². The van der Waals surface area contributed by atoms with Crippen LogP contribution >= 0.6 is 0 Å². The molecule has 7 nitrogen and oxygen atoms in total. The van der Waals surface area contributed by atoms with Crippen molar-refractivity contribution < 1.29 is 19.4 Å². The van der Waals surface area contributed by atoms with E-state index < -0.39 is 5.97 Å². The number of hydrogen-bond acceptors (Lipinski definition) is 4. The van der Waals surface area contributed by atoms with Gasteiger partial charge in [-0.1, -0.05) is 55.7 Å². The number of rotatable bonds is 9. The maximum Gasteiger partial charge on any atom is 0.335 e. The molecule has 7 heteroatoms. The van der Waals surface area contributed by atoms with Crippen molar-refractivity contribution >= 4 is 22.8 Å². The van der Waals surface area contributed by atoms with Gasteiger partial charge in [0.15, 0.2) is 0 Å². The molecule has 0 bridgehead atoms. The van der Waals surface area contributed by atoms with Gasteiger partial charge in [-0.2, -0.15) is 0 Å². The summed E-state index contributed by atoms with van der Waals surface area (Å²) in [6.07, 6.45) is 5.78. The molecule has 1 aromatic heterocycles. The van der Waals surface area contributed by atoms with E-state index >= 15 is 0 Å². The second-order valence-corrected chi connectivity index (χ2v) is 12.5. The van der Waals surface area contributed by atoms with Crippen molar-refractivity contribution in [2.24, 2.45) is 0 Å². The highest BCUT2D eigenvalue weighted by atomic mass is 16.5. The summed E-state index contributed by atoms with van der Waals surface area (Å²) in [5.74, 6) is 0.255. The Labute approximate surface area is 260 Å². The molecule has 44 heavy (non-hydrogen) atoms. The summed E-state index contributed by atoms with van der Waals surface area (Å²) in [5.41, 5.74) is 5.45. The first-order valence-electron chi connectivity index (χ1n) is 16.1. The van der Waals surface area contributed by atoms with Gasteiger partial charge >= 0.3 is 5.97 Å². The second-order valence-electron chi connectivity index (χ2n) is 12.5. The van der Waals surface area contributed by atoms with Gasteiger partial charge in [-0.05, 0) is 85.7 Å². The first-order chi connectivity index (χ1) is 21.4. The molecule has 2 heterocycles. The van der Waals surface area contributed by atoms with Gasteiger partial charge in [-0.25, -0.2) is 4.79 Å². The SMILES string of the molecule is CC(C)N1CCN(C(=O)Cn2c(-c3ccc(OCc4ccccc4)cc3)c(C3CCCCC3)c3ccc(C(=O)O)cc32)CC1. The lowest BCUT2D eigenvalue weighted by Gasteiger charge is -2.37. The van der Waals surface area contributed by atoms with Crippen LogP contribution < -0.4 is 4.74 Å². The smallest absolute Gasteiger partial charge is 0.335 e. The van der Waals surface area contributed by atoms with E-state index in [0.29, 0.717) is 31.7 Å². The fraction of sp³-hybridized carbons (Fsp3) is 0.405. The average molecular weight is 594 g/mol. The summed E-state index contributed by atoms with van der Waals surface area (Å²) in [6, 6.07) is 24.2. The number of carboxylic acids is 1. The minimum atomic E-state index is -0.962. The molecule has 1 amide bonds. The van der Waals surface area contributed by atoms with E-state index in [2.05, 4.69) is 35.4 Å². The lowest BCUT2D eigenvalue weighted by molar-refractivity contribution is -0.133. The number of amides is 1. The van der Waals surface area contributed by atoms with Crippen LogP contribution in [-0.4, -0.2) is 63.6 Å². The summed E-state index contributed by atoms with van der Waals surface area (Å²) < 4.78 is 8.19. The number of hydrogen-bond donors (Lipinski definition) is 1. The molecular formula is C37H43N3O4. The molecule has 1 aliphatic carbocycles. The maximum absolute atomic E-state index is 13.9. The van der Waals surface area contributed by atoms with Crippen LogP contribution in [0.25, 0.3) is 22.2 Å². The number of ether oxygens (including phenoxy) is 1. The van der Waals surface area contributed by atoms with Crippen LogP contribution in [-0.2, 0) is 17.9 Å². The lowest BCUT2D eigenvalue weighted by atomic mass is 9.82. The van der Waals surface area contributed by atoms with E-state index in [0.717, 1.165) is 59.4 Å². The van der Waals surface area contributed by atoms with Crippen LogP contribution in [0.4, 0.5) is 0 Å². The number of nitrogens with zero attached hydrogens (tertiary/aromatic N) is 3. The van der Waals surface area contributed by atoms with Crippen molar-refractivity contribution in [2.45, 2.75) is 71.1 Å². The van der Waals surface area contributed by atoms with Crippen LogP contribution in [0.1, 0.15) is 73.4 Å². The van der Waals surface area contributed by atoms with Gasteiger partial charge < -0.3 is 19.3 Å². The van der Waals surface area contributed by atoms with Crippen LogP contribution in [0.2, 0.25) is 0 Å². The lowest BCUT2D eigenvalue weighted by Crippen LogP contribution is -2.51. The third kappa shape index (κ3) is 6.39. The van der Waals surface area contributed by atoms with Crippen LogP contribution in [0.5, 0.6) is 5.75 Å². The van der Waals surface area contributed by atoms with Crippen molar-refractivity contribution in [1.82, 2.24) is 14.4 Å². The van der Waals surface area contributed by atoms with Gasteiger partial charge in [0.05, 0.1) is 16.8 Å². The highest BCUT2D eigenvalue weighted by molar-refractivity contribution is 5.99. The summed E-state index contributed by atoms with van der Waals surface area (Å²) in [7, 11) is 0. The van der Waals surface area contributed by atoms with E-state index in [-0.39, 0.29) is 18.0 Å². The molecule has 6 rings (SSSR count). The fourth-order valence-corrected chi connectivity index (χ4v) is 6.96. The number of aromatic nitrogens is 1. The van der Waals surface area contributed by atoms with Crippen LogP contribution in [0.3, 0.4) is 0 Å². The predicted molar refractivity (Wildman–Crippen MR) is 174 cm³/mol. The Kier molecular flexibility index (Phi) is 9.03. The molecule has 0 spiro atoms. The molecule has 1 N–H and O–H groups in total. The van der Waals surface area contributed by atoms with E-state index in [1.165, 1.54) is 24.8 Å². The number of carbonyl (C=O) groups excluding carboxylic acids is 1. The average Bonchev–Trinajstić information content (AvgIpc) is 3.38. The zero-order valence-corrected chi connectivity index (χ0v) is 25.9. The summed E-state index contributed by atoms with van der Waals surface area (Å²) >= 11 is 0. The predicted octanol–water partition coefficient (Wildman–Crippen LogP) is 7.19. The zero-order chi connectivity index (χ0) is 30.6. The molecule has 2 fully saturated rings. The number of carboxylic acid groups (broad SMARTS) is 1. The molecule has 230 valence electrons. The van der Waals surface area contributed by atoms with Crippen molar-refractivity contribution in [3.8, 4) is 17.0 Å². The molecule has 0 atom stereocenters. The topological polar surface area (TPSA) is 75.0 Å². The Bertz CT molecular complexity index is 1600. The number of benzene rings is 3. The van der Waals surface area contributed by atoms with Gasteiger partial charge in [0.1, 0.15) is 18.9 Å². The minimum absolute atomic E-state index is 0.0743. The largest absolute Gasteiger partial charge is 0.489 e. The summed E-state index contributed by atoms with van der Waals surface area (Å²) in [6.45, 7) is 8.19. The Balaban J connectivity index is 1.40. The highest BCUT2D eigenvalue weighted by Gasteiger charge is 2.29. The Morgan fingerprint density at radius 2 is 1.59 bits per heavy atom. The number of piperazine rings is 1. The Morgan fingerprint density at radius 3 is 2.25 bits per heavy atom. The molecule has 0 unspecified atom stereocenters. The van der Waals surface area contributed by atoms with Crippen molar-refractivity contribution in [2.75, 3.05) is 26.2 Å². The van der Waals surface area contributed by atoms with Crippen LogP contribution in [0.15, 0.2) is 72.8 Å². The number of fused-ring (bicyclic) bond motifs is 1. The summed E-state index contributed by atoms with van der Waals surface area (Å²) in [5, 5.41) is 10.9. The molecule has 0 radical (unpaired) electrons. The number of carbonyl (C=O) groups is 2. The first-order valence-corrected chi connectivity index (χ1v) is 16.1. The standard InChI is InChI=1S/C37H43N3O4/c1-26(2)38-19-21-39(22-20-38)34(41)24-40-33-23-30(37(42)43)15-18-32(33)35(28-11-7-4-8-12-28)36(40)29-13-16-31(17-14-29)44-25-27-9-5-3-6-10-27/h3,5-6,9-10,13-18,23,26,28H,4,7-8,11-12,19-22,24-25H2,1-2H3,(H,42,43). The zero-order valence-electron chi connectivity index (χ0n) is 25.9. The molecule has 1 saturated heterocycles. The Morgan fingerprint density at radius 1 is 0.886 bits per heavy atom. The molecule has 2 aliphatic rings. The van der Waals surface area contributed by atoms with Gasteiger partial charge in [0.2, 0.25) is 5.91 Å². The van der Waals surface area contributed by atoms with Crippen LogP contribution in [0, 0.1) is 0 Å². The molecule has 4 aromatic rings. The fourth-order valence-electron chi connectivity index (χ4n) is 6.96. The third-order valence-corrected chi connectivity index (χ3v) is 9.43. The molecular weight excluding hydrogens is 550 g/mol.